The first-order valence-electron chi connectivity index (χ1n) is 10.9. The number of nitrogens with one attached hydrogen (secondary N) is 1. The standard InChI is InChI=1S/C24H21F3N4O4S/c1-3-13-9-14(25)5-6-15(13)19-18(23(34)35-4-2)16(29-20(30-19)21-28-7-8-36-21)11-31-12-24(26,27)10-17(31)22(32)33/h1,5-9,17,19H,4,10-12H2,2H3,(H,29,30)(H,32,33)/t17-,19?/m0/s1. The largest absolute Gasteiger partial charge is 0.480 e. The van der Waals surface area contributed by atoms with Gasteiger partial charge in [0.25, 0.3) is 5.92 Å². The molecule has 1 unspecified atom stereocenters. The lowest BCUT2D eigenvalue weighted by Gasteiger charge is -2.30. The summed E-state index contributed by atoms with van der Waals surface area (Å²) in [6, 6.07) is 1.13. The molecule has 1 saturated heterocycles. The number of hydrogen-bond donors (Lipinski definition) is 2. The van der Waals surface area contributed by atoms with Gasteiger partial charge in [0, 0.05) is 35.8 Å². The molecule has 8 nitrogen and oxygen atoms in total. The third-order valence-corrected chi connectivity index (χ3v) is 6.51. The summed E-state index contributed by atoms with van der Waals surface area (Å²) in [5.74, 6) is -3.39. The average molecular weight is 519 g/mol. The number of nitrogens with zero attached hydrogens (tertiary/aromatic N) is 3. The van der Waals surface area contributed by atoms with E-state index in [4.69, 9.17) is 11.2 Å². The van der Waals surface area contributed by atoms with Crippen LogP contribution >= 0.6 is 11.3 Å². The Bertz CT molecular complexity index is 1290. The number of likely N-dealkylation sites (tertiary alicyclic amines) is 1. The SMILES string of the molecule is C#Cc1cc(F)ccc1C1N=C(c2nccs2)NC(CN2CC(F)(F)C[C@H]2C(=O)O)=C1C(=O)OCC. The molecule has 188 valence electrons. The van der Waals surface area contributed by atoms with Gasteiger partial charge >= 0.3 is 11.9 Å². The number of ether oxygens (including phenoxy) is 1. The second-order valence-electron chi connectivity index (χ2n) is 8.15. The number of terminal acetylenes is 1. The number of carbonyl (C=O) groups is 2. The van der Waals surface area contributed by atoms with Crippen molar-refractivity contribution in [1.29, 1.82) is 0 Å². The number of hydrogen-bond acceptors (Lipinski definition) is 8. The molecule has 1 aromatic carbocycles. The van der Waals surface area contributed by atoms with E-state index < -0.39 is 48.7 Å². The highest BCUT2D eigenvalue weighted by molar-refractivity contribution is 7.11. The van der Waals surface area contributed by atoms with Crippen molar-refractivity contribution in [3.8, 4) is 12.3 Å². The molecule has 0 amide bonds. The maximum absolute atomic E-state index is 14.2. The van der Waals surface area contributed by atoms with E-state index in [9.17, 15) is 27.9 Å². The van der Waals surface area contributed by atoms with Crippen molar-refractivity contribution in [2.75, 3.05) is 19.7 Å². The number of benzene rings is 1. The van der Waals surface area contributed by atoms with E-state index in [0.717, 1.165) is 11.0 Å². The smallest absolute Gasteiger partial charge is 0.338 e. The minimum Gasteiger partial charge on any atom is -0.480 e. The van der Waals surface area contributed by atoms with Crippen LogP contribution in [0.1, 0.15) is 35.5 Å². The monoisotopic (exact) mass is 518 g/mol. The molecule has 1 aromatic heterocycles. The molecule has 0 radical (unpaired) electrons. The summed E-state index contributed by atoms with van der Waals surface area (Å²) in [7, 11) is 0. The number of carbonyl (C=O) groups excluding carboxylic acids is 1. The van der Waals surface area contributed by atoms with Crippen LogP contribution in [0.4, 0.5) is 13.2 Å². The van der Waals surface area contributed by atoms with Crippen LogP contribution in [0.15, 0.2) is 46.0 Å². The van der Waals surface area contributed by atoms with Gasteiger partial charge in [-0.2, -0.15) is 0 Å². The average Bonchev–Trinajstić information content (AvgIpc) is 3.46. The molecular weight excluding hydrogens is 497 g/mol. The third-order valence-electron chi connectivity index (χ3n) is 5.74. The number of esters is 1. The Morgan fingerprint density at radius 3 is 2.83 bits per heavy atom. The lowest BCUT2D eigenvalue weighted by molar-refractivity contribution is -0.142. The van der Waals surface area contributed by atoms with Crippen LogP contribution in [0.5, 0.6) is 0 Å². The van der Waals surface area contributed by atoms with Gasteiger partial charge in [0.15, 0.2) is 10.8 Å². The van der Waals surface area contributed by atoms with Crippen LogP contribution in [0.3, 0.4) is 0 Å². The minimum atomic E-state index is -3.22. The van der Waals surface area contributed by atoms with Crippen molar-refractivity contribution < 1.29 is 32.6 Å². The van der Waals surface area contributed by atoms with Gasteiger partial charge in [-0.15, -0.1) is 17.8 Å². The molecule has 1 fully saturated rings. The summed E-state index contributed by atoms with van der Waals surface area (Å²) in [5, 5.41) is 14.7. The zero-order valence-electron chi connectivity index (χ0n) is 19.0. The Kier molecular flexibility index (Phi) is 7.14. The maximum Gasteiger partial charge on any atom is 0.338 e. The molecule has 2 aromatic rings. The Hall–Kier alpha value is -3.69. The molecule has 36 heavy (non-hydrogen) atoms. The van der Waals surface area contributed by atoms with Crippen molar-refractivity contribution in [2.24, 2.45) is 4.99 Å². The number of alkyl halides is 2. The van der Waals surface area contributed by atoms with Crippen LogP contribution < -0.4 is 5.32 Å². The molecule has 2 atom stereocenters. The zero-order chi connectivity index (χ0) is 26.0. The summed E-state index contributed by atoms with van der Waals surface area (Å²) in [6.45, 7) is 0.455. The Labute approximate surface area is 208 Å². The summed E-state index contributed by atoms with van der Waals surface area (Å²) in [6.07, 6.45) is 6.28. The Balaban J connectivity index is 1.87. The molecule has 12 heteroatoms. The van der Waals surface area contributed by atoms with Crippen LogP contribution in [0.2, 0.25) is 0 Å². The second kappa shape index (κ2) is 10.1. The van der Waals surface area contributed by atoms with E-state index in [1.54, 1.807) is 12.3 Å². The fraction of sp³-hybridized carbons (Fsp3) is 0.333. The molecular formula is C24H21F3N4O4S. The van der Waals surface area contributed by atoms with Gasteiger partial charge < -0.3 is 15.2 Å². The number of carboxylic acid groups (broad SMARTS) is 1. The van der Waals surface area contributed by atoms with Gasteiger partial charge in [-0.25, -0.2) is 22.9 Å². The van der Waals surface area contributed by atoms with Crippen molar-refractivity contribution in [2.45, 2.75) is 31.4 Å². The number of rotatable bonds is 7. The van der Waals surface area contributed by atoms with E-state index in [2.05, 4.69) is 21.2 Å². The van der Waals surface area contributed by atoms with Gasteiger partial charge in [-0.05, 0) is 24.6 Å². The molecule has 2 N–H and O–H groups in total. The maximum atomic E-state index is 14.2. The lowest BCUT2D eigenvalue weighted by atomic mass is 9.92. The fourth-order valence-corrected chi connectivity index (χ4v) is 4.82. The highest BCUT2D eigenvalue weighted by Gasteiger charge is 2.49. The first kappa shape index (κ1) is 25.4. The molecule has 0 saturated carbocycles. The molecule has 0 spiro atoms. The molecule has 0 bridgehead atoms. The van der Waals surface area contributed by atoms with E-state index >= 15 is 0 Å². The highest BCUT2D eigenvalue weighted by Crippen LogP contribution is 2.37. The van der Waals surface area contributed by atoms with Crippen LogP contribution in [-0.2, 0) is 14.3 Å². The van der Waals surface area contributed by atoms with Crippen LogP contribution in [-0.4, -0.2) is 64.4 Å². The molecule has 0 aliphatic carbocycles. The number of aliphatic carboxylic acids is 1. The second-order valence-corrected chi connectivity index (χ2v) is 9.04. The van der Waals surface area contributed by atoms with Crippen molar-refractivity contribution in [3.63, 3.8) is 0 Å². The highest BCUT2D eigenvalue weighted by atomic mass is 32.1. The lowest BCUT2D eigenvalue weighted by Crippen LogP contribution is -2.43. The van der Waals surface area contributed by atoms with E-state index in [-0.39, 0.29) is 35.8 Å². The topological polar surface area (TPSA) is 104 Å². The van der Waals surface area contributed by atoms with Crippen molar-refractivity contribution in [3.05, 3.63) is 63.0 Å². The molecule has 2 aliphatic rings. The molecule has 3 heterocycles. The quantitative estimate of drug-likeness (QED) is 0.429. The van der Waals surface area contributed by atoms with Crippen molar-refractivity contribution in [1.82, 2.24) is 15.2 Å². The number of aromatic nitrogens is 1. The third kappa shape index (κ3) is 5.12. The van der Waals surface area contributed by atoms with E-state index in [1.165, 1.54) is 29.7 Å². The number of amidine groups is 1. The summed E-state index contributed by atoms with van der Waals surface area (Å²) < 4.78 is 47.5. The Morgan fingerprint density at radius 1 is 1.42 bits per heavy atom. The van der Waals surface area contributed by atoms with E-state index in [0.29, 0.717) is 10.6 Å². The van der Waals surface area contributed by atoms with Gasteiger partial charge in [-0.1, -0.05) is 12.0 Å². The van der Waals surface area contributed by atoms with Gasteiger partial charge in [0.2, 0.25) is 0 Å². The summed E-state index contributed by atoms with van der Waals surface area (Å²) in [5.41, 5.74) is 0.535. The fourth-order valence-electron chi connectivity index (χ4n) is 4.23. The van der Waals surface area contributed by atoms with E-state index in [1.807, 2.05) is 0 Å². The first-order valence-corrected chi connectivity index (χ1v) is 11.8. The normalized spacial score (nSPS) is 21.5. The zero-order valence-corrected chi connectivity index (χ0v) is 19.8. The number of thiazole rings is 1. The van der Waals surface area contributed by atoms with Gasteiger partial charge in [0.1, 0.15) is 17.9 Å². The minimum absolute atomic E-state index is 0.0103. The molecule has 2 aliphatic heterocycles. The number of aliphatic imine (C=N–C) groups is 1. The van der Waals surface area contributed by atoms with Crippen molar-refractivity contribution >= 4 is 29.1 Å². The summed E-state index contributed by atoms with van der Waals surface area (Å²) in [4.78, 5) is 34.8. The first-order chi connectivity index (χ1) is 17.1. The molecule has 4 rings (SSSR count). The predicted octanol–water partition coefficient (Wildman–Crippen LogP) is 2.97. The van der Waals surface area contributed by atoms with Gasteiger partial charge in [0.05, 0.1) is 18.7 Å². The number of carboxylic acids is 1. The van der Waals surface area contributed by atoms with Crippen LogP contribution in [0, 0.1) is 18.2 Å². The predicted molar refractivity (Wildman–Crippen MR) is 125 cm³/mol. The number of halogens is 3. The Morgan fingerprint density at radius 2 is 2.19 bits per heavy atom. The van der Waals surface area contributed by atoms with Crippen LogP contribution in [0.25, 0.3) is 0 Å². The van der Waals surface area contributed by atoms with Gasteiger partial charge in [-0.3, -0.25) is 14.7 Å². The summed E-state index contributed by atoms with van der Waals surface area (Å²) >= 11 is 1.24.